The number of rotatable bonds is 4. The first-order valence-corrected chi connectivity index (χ1v) is 7.83. The minimum Gasteiger partial charge on any atom is -0.377 e. The molecule has 0 aromatic carbocycles. The monoisotopic (exact) mass is 315 g/mol. The molecule has 1 amide bonds. The zero-order chi connectivity index (χ0) is 16.2. The third-order valence-corrected chi connectivity index (χ3v) is 4.10. The van der Waals surface area contributed by atoms with Gasteiger partial charge in [-0.1, -0.05) is 6.07 Å². The summed E-state index contributed by atoms with van der Waals surface area (Å²) < 4.78 is 5.06. The molecule has 1 N–H and O–H groups in total. The van der Waals surface area contributed by atoms with E-state index in [0.717, 1.165) is 24.8 Å². The molecule has 23 heavy (non-hydrogen) atoms. The normalized spacial score (nSPS) is 18.2. The number of nitrogens with zero attached hydrogens (tertiary/aromatic N) is 4. The average Bonchev–Trinajstić information content (AvgIpc) is 3.04. The number of carbonyl (C=O) groups excluding carboxylic acids is 1. The van der Waals surface area contributed by atoms with E-state index in [1.807, 2.05) is 24.0 Å². The van der Waals surface area contributed by atoms with Crippen LogP contribution in [0.5, 0.6) is 0 Å². The van der Waals surface area contributed by atoms with Crippen LogP contribution in [0.1, 0.15) is 53.0 Å². The van der Waals surface area contributed by atoms with E-state index in [2.05, 4.69) is 20.2 Å². The van der Waals surface area contributed by atoms with Gasteiger partial charge in [-0.3, -0.25) is 14.9 Å². The van der Waals surface area contributed by atoms with Gasteiger partial charge in [0, 0.05) is 19.9 Å². The number of hydrogen-bond donors (Lipinski definition) is 1. The topological polar surface area (TPSA) is 84.0 Å². The molecule has 7 nitrogen and oxygen atoms in total. The van der Waals surface area contributed by atoms with Crippen LogP contribution in [0.25, 0.3) is 0 Å². The van der Waals surface area contributed by atoms with Crippen molar-refractivity contribution in [2.75, 3.05) is 13.7 Å². The number of aromatic nitrogens is 4. The van der Waals surface area contributed by atoms with E-state index in [1.165, 1.54) is 0 Å². The second-order valence-electron chi connectivity index (χ2n) is 5.75. The average molecular weight is 315 g/mol. The van der Waals surface area contributed by atoms with Gasteiger partial charge in [-0.2, -0.15) is 5.10 Å². The number of aryl methyl sites for hydroxylation is 1. The Morgan fingerprint density at radius 3 is 3.13 bits per heavy atom. The molecule has 0 radical (unpaired) electrons. The smallest absolute Gasteiger partial charge is 0.273 e. The summed E-state index contributed by atoms with van der Waals surface area (Å²) in [6.07, 6.45) is 4.57. The zero-order valence-corrected chi connectivity index (χ0v) is 13.5. The number of carbonyl (C=O) groups is 1. The summed E-state index contributed by atoms with van der Waals surface area (Å²) >= 11 is 0. The lowest BCUT2D eigenvalue weighted by Crippen LogP contribution is -2.39. The van der Waals surface area contributed by atoms with Crippen molar-refractivity contribution in [3.8, 4) is 0 Å². The lowest BCUT2D eigenvalue weighted by Gasteiger charge is -2.34. The van der Waals surface area contributed by atoms with Crippen LogP contribution >= 0.6 is 0 Å². The van der Waals surface area contributed by atoms with Gasteiger partial charge in [-0.05, 0) is 37.8 Å². The number of ether oxygens (including phenoxy) is 1. The van der Waals surface area contributed by atoms with Gasteiger partial charge >= 0.3 is 0 Å². The number of H-pyrrole nitrogens is 1. The van der Waals surface area contributed by atoms with Crippen LogP contribution in [0.15, 0.2) is 18.3 Å². The maximum atomic E-state index is 12.9. The highest BCUT2D eigenvalue weighted by Gasteiger charge is 2.32. The fourth-order valence-corrected chi connectivity index (χ4v) is 2.95. The Morgan fingerprint density at radius 2 is 2.35 bits per heavy atom. The predicted octanol–water partition coefficient (Wildman–Crippen LogP) is 2.02. The number of hydrogen-bond acceptors (Lipinski definition) is 5. The third-order valence-electron chi connectivity index (χ3n) is 4.10. The lowest BCUT2D eigenvalue weighted by molar-refractivity contribution is 0.0593. The van der Waals surface area contributed by atoms with E-state index in [0.29, 0.717) is 30.5 Å². The fraction of sp³-hybridized carbons (Fsp3) is 0.500. The number of aromatic amines is 1. The Hall–Kier alpha value is -2.28. The molecular weight excluding hydrogens is 294 g/mol. The largest absolute Gasteiger partial charge is 0.377 e. The molecule has 7 heteroatoms. The minimum absolute atomic E-state index is 0.0501. The highest BCUT2D eigenvalue weighted by atomic mass is 16.5. The Bertz CT molecular complexity index is 685. The number of likely N-dealkylation sites (tertiary alicyclic amines) is 1. The first-order chi connectivity index (χ1) is 11.2. The number of piperidine rings is 1. The Labute approximate surface area is 135 Å². The Kier molecular flexibility index (Phi) is 4.66. The van der Waals surface area contributed by atoms with Crippen LogP contribution in [0.2, 0.25) is 0 Å². The van der Waals surface area contributed by atoms with Crippen molar-refractivity contribution in [1.82, 2.24) is 25.1 Å². The summed E-state index contributed by atoms with van der Waals surface area (Å²) in [5.41, 5.74) is 1.39. The van der Waals surface area contributed by atoms with E-state index in [4.69, 9.17) is 4.74 Å². The molecule has 0 spiro atoms. The molecule has 0 saturated carbocycles. The molecule has 2 aromatic rings. The van der Waals surface area contributed by atoms with Crippen LogP contribution in [-0.4, -0.2) is 44.6 Å². The molecule has 1 aliphatic heterocycles. The Balaban J connectivity index is 1.86. The van der Waals surface area contributed by atoms with Crippen molar-refractivity contribution in [3.63, 3.8) is 0 Å². The number of amides is 1. The molecule has 1 atom stereocenters. The zero-order valence-electron chi connectivity index (χ0n) is 13.5. The first-order valence-electron chi connectivity index (χ1n) is 7.83. The number of nitrogens with one attached hydrogen (secondary N) is 1. The molecule has 122 valence electrons. The van der Waals surface area contributed by atoms with Crippen molar-refractivity contribution in [3.05, 3.63) is 41.2 Å². The van der Waals surface area contributed by atoms with Crippen LogP contribution in [-0.2, 0) is 11.3 Å². The van der Waals surface area contributed by atoms with Crippen LogP contribution in [0.3, 0.4) is 0 Å². The highest BCUT2D eigenvalue weighted by molar-refractivity contribution is 5.93. The van der Waals surface area contributed by atoms with Crippen LogP contribution < -0.4 is 0 Å². The van der Waals surface area contributed by atoms with Crippen molar-refractivity contribution in [2.24, 2.45) is 0 Å². The van der Waals surface area contributed by atoms with Crippen molar-refractivity contribution >= 4 is 5.91 Å². The van der Waals surface area contributed by atoms with Gasteiger partial charge in [0.2, 0.25) is 0 Å². The molecular formula is C16H21N5O2. The molecule has 3 rings (SSSR count). The van der Waals surface area contributed by atoms with Crippen molar-refractivity contribution in [2.45, 2.75) is 38.8 Å². The van der Waals surface area contributed by atoms with Gasteiger partial charge in [0.05, 0.1) is 6.04 Å². The van der Waals surface area contributed by atoms with E-state index < -0.39 is 0 Å². The molecule has 0 bridgehead atoms. The SMILES string of the molecule is COCc1nc(C2CCCCN2C(=O)c2ncccc2C)n[nH]1. The molecule has 1 aliphatic rings. The summed E-state index contributed by atoms with van der Waals surface area (Å²) in [4.78, 5) is 23.5. The third kappa shape index (κ3) is 3.24. The number of methoxy groups -OCH3 is 1. The Morgan fingerprint density at radius 1 is 1.48 bits per heavy atom. The molecule has 3 heterocycles. The van der Waals surface area contributed by atoms with Gasteiger partial charge in [0.15, 0.2) is 11.6 Å². The highest BCUT2D eigenvalue weighted by Crippen LogP contribution is 2.30. The fourth-order valence-electron chi connectivity index (χ4n) is 2.95. The van der Waals surface area contributed by atoms with Crippen LogP contribution in [0, 0.1) is 6.92 Å². The molecule has 1 saturated heterocycles. The van der Waals surface area contributed by atoms with Crippen molar-refractivity contribution < 1.29 is 9.53 Å². The summed E-state index contributed by atoms with van der Waals surface area (Å²) in [6.45, 7) is 2.99. The van der Waals surface area contributed by atoms with Gasteiger partial charge in [0.25, 0.3) is 5.91 Å². The molecule has 0 aliphatic carbocycles. The van der Waals surface area contributed by atoms with E-state index in [-0.39, 0.29) is 11.9 Å². The van der Waals surface area contributed by atoms with Gasteiger partial charge in [0.1, 0.15) is 12.3 Å². The van der Waals surface area contributed by atoms with Gasteiger partial charge < -0.3 is 9.64 Å². The van der Waals surface area contributed by atoms with Gasteiger partial charge in [-0.25, -0.2) is 4.98 Å². The maximum Gasteiger partial charge on any atom is 0.273 e. The first kappa shape index (κ1) is 15.6. The summed E-state index contributed by atoms with van der Waals surface area (Å²) in [5, 5.41) is 7.15. The summed E-state index contributed by atoms with van der Waals surface area (Å²) in [7, 11) is 1.61. The quantitative estimate of drug-likeness (QED) is 0.933. The standard InChI is InChI=1S/C16H21N5O2/c1-11-6-5-8-17-14(11)16(22)21-9-4-3-7-12(21)15-18-13(10-23-2)19-20-15/h5-6,8,12H,3-4,7,9-10H2,1-2H3,(H,18,19,20). The maximum absolute atomic E-state index is 12.9. The summed E-state index contributed by atoms with van der Waals surface area (Å²) in [6, 6.07) is 3.63. The van der Waals surface area contributed by atoms with Crippen molar-refractivity contribution in [1.29, 1.82) is 0 Å². The molecule has 1 fully saturated rings. The molecule has 2 aromatic heterocycles. The van der Waals surface area contributed by atoms with Crippen LogP contribution in [0.4, 0.5) is 0 Å². The summed E-state index contributed by atoms with van der Waals surface area (Å²) in [5.74, 6) is 1.28. The van der Waals surface area contributed by atoms with E-state index in [9.17, 15) is 4.79 Å². The van der Waals surface area contributed by atoms with Gasteiger partial charge in [-0.15, -0.1) is 0 Å². The van der Waals surface area contributed by atoms with E-state index in [1.54, 1.807) is 13.3 Å². The second-order valence-corrected chi connectivity index (χ2v) is 5.75. The van der Waals surface area contributed by atoms with E-state index >= 15 is 0 Å². The number of pyridine rings is 1. The lowest BCUT2D eigenvalue weighted by atomic mass is 10.0. The second kappa shape index (κ2) is 6.87. The molecule has 1 unspecified atom stereocenters. The predicted molar refractivity (Wildman–Crippen MR) is 83.7 cm³/mol. The minimum atomic E-state index is -0.112.